The summed E-state index contributed by atoms with van der Waals surface area (Å²) in [5.41, 5.74) is 1.96. The van der Waals surface area contributed by atoms with Crippen molar-refractivity contribution in [3.05, 3.63) is 70.8 Å². The molecule has 2 rings (SSSR count). The van der Waals surface area contributed by atoms with Crippen molar-refractivity contribution in [3.8, 4) is 0 Å². The molecule has 2 aromatic carbocycles. The van der Waals surface area contributed by atoms with Crippen LogP contribution >= 0.6 is 0 Å². The Labute approximate surface area is 123 Å². The average Bonchev–Trinajstić information content (AvgIpc) is 2.38. The Kier molecular flexibility index (Phi) is 4.21. The van der Waals surface area contributed by atoms with E-state index in [1.54, 1.807) is 0 Å². The van der Waals surface area contributed by atoms with Crippen molar-refractivity contribution in [1.29, 1.82) is 0 Å². The molecule has 3 heteroatoms. The fraction of sp³-hybridized carbons (Fsp3) is 0.278. The monoisotopic (exact) mass is 288 g/mol. The molecule has 0 aliphatic heterocycles. The molecule has 0 fully saturated rings. The third-order valence-corrected chi connectivity index (χ3v) is 3.42. The second-order valence-electron chi connectivity index (χ2n) is 6.17. The van der Waals surface area contributed by atoms with Crippen LogP contribution in [0, 0.1) is 11.6 Å². The Hall–Kier alpha value is -2.03. The molecule has 0 atom stereocenters. The van der Waals surface area contributed by atoms with Gasteiger partial charge in [0.2, 0.25) is 0 Å². The highest BCUT2D eigenvalue weighted by molar-refractivity contribution is 5.97. The Morgan fingerprint density at radius 2 is 1.62 bits per heavy atom. The molecule has 0 bridgehead atoms. The fourth-order valence-electron chi connectivity index (χ4n) is 2.12. The minimum absolute atomic E-state index is 0.0472. The van der Waals surface area contributed by atoms with Crippen LogP contribution in [0.4, 0.5) is 8.78 Å². The normalized spacial score (nSPS) is 11.5. The summed E-state index contributed by atoms with van der Waals surface area (Å²) in [7, 11) is 0. The first-order valence-electron chi connectivity index (χ1n) is 6.85. The molecule has 0 radical (unpaired) electrons. The van der Waals surface area contributed by atoms with Gasteiger partial charge < -0.3 is 0 Å². The highest BCUT2D eigenvalue weighted by atomic mass is 19.1. The summed E-state index contributed by atoms with van der Waals surface area (Å²) in [6.45, 7) is 6.34. The van der Waals surface area contributed by atoms with E-state index < -0.39 is 11.6 Å². The zero-order valence-electron chi connectivity index (χ0n) is 12.4. The molecule has 1 nitrogen and oxygen atoms in total. The van der Waals surface area contributed by atoms with Gasteiger partial charge in [0.15, 0.2) is 5.78 Å². The van der Waals surface area contributed by atoms with E-state index >= 15 is 0 Å². The molecule has 0 amide bonds. The fourth-order valence-corrected chi connectivity index (χ4v) is 2.12. The maximum Gasteiger partial charge on any atom is 0.170 e. The molecule has 21 heavy (non-hydrogen) atoms. The van der Waals surface area contributed by atoms with Gasteiger partial charge in [0.05, 0.1) is 5.56 Å². The summed E-state index contributed by atoms with van der Waals surface area (Å²) in [5.74, 6) is -1.85. The predicted molar refractivity (Wildman–Crippen MR) is 79.5 cm³/mol. The van der Waals surface area contributed by atoms with E-state index in [1.807, 2.05) is 24.3 Å². The van der Waals surface area contributed by atoms with E-state index in [2.05, 4.69) is 20.8 Å². The maximum atomic E-state index is 13.6. The number of hydrogen-bond acceptors (Lipinski definition) is 1. The van der Waals surface area contributed by atoms with Crippen LogP contribution in [-0.4, -0.2) is 5.78 Å². The van der Waals surface area contributed by atoms with E-state index in [0.29, 0.717) is 0 Å². The number of halogens is 2. The van der Waals surface area contributed by atoms with Gasteiger partial charge >= 0.3 is 0 Å². The van der Waals surface area contributed by atoms with E-state index in [-0.39, 0.29) is 23.2 Å². The number of rotatable bonds is 3. The SMILES string of the molecule is CC(C)(C)c1ccc(CC(=O)c2ccc(F)cc2F)cc1. The van der Waals surface area contributed by atoms with Crippen LogP contribution in [0.25, 0.3) is 0 Å². The standard InChI is InChI=1S/C18H18F2O/c1-18(2,3)13-6-4-12(5-7-13)10-17(21)15-9-8-14(19)11-16(15)20/h4-9,11H,10H2,1-3H3. The van der Waals surface area contributed by atoms with Crippen LogP contribution in [0.2, 0.25) is 0 Å². The lowest BCUT2D eigenvalue weighted by molar-refractivity contribution is 0.0989. The van der Waals surface area contributed by atoms with Gasteiger partial charge in [0.1, 0.15) is 11.6 Å². The lowest BCUT2D eigenvalue weighted by atomic mass is 9.86. The molecule has 0 saturated heterocycles. The number of carbonyl (C=O) groups excluding carboxylic acids is 1. The molecule has 0 N–H and O–H groups in total. The summed E-state index contributed by atoms with van der Waals surface area (Å²) >= 11 is 0. The average molecular weight is 288 g/mol. The Morgan fingerprint density at radius 1 is 1.00 bits per heavy atom. The van der Waals surface area contributed by atoms with Crippen LogP contribution < -0.4 is 0 Å². The van der Waals surface area contributed by atoms with Gasteiger partial charge in [-0.2, -0.15) is 0 Å². The summed E-state index contributed by atoms with van der Waals surface area (Å²) in [5, 5.41) is 0. The van der Waals surface area contributed by atoms with Gasteiger partial charge in [0, 0.05) is 12.5 Å². The summed E-state index contributed by atoms with van der Waals surface area (Å²) in [4.78, 5) is 12.1. The molecule has 2 aromatic rings. The van der Waals surface area contributed by atoms with Crippen molar-refractivity contribution in [1.82, 2.24) is 0 Å². The molecule has 0 aromatic heterocycles. The highest BCUT2D eigenvalue weighted by Crippen LogP contribution is 2.22. The topological polar surface area (TPSA) is 17.1 Å². The minimum Gasteiger partial charge on any atom is -0.294 e. The molecule has 0 aliphatic carbocycles. The predicted octanol–water partition coefficient (Wildman–Crippen LogP) is 4.69. The maximum absolute atomic E-state index is 13.6. The van der Waals surface area contributed by atoms with Crippen molar-refractivity contribution in [2.24, 2.45) is 0 Å². The quantitative estimate of drug-likeness (QED) is 0.749. The Bertz CT molecular complexity index is 652. The Balaban J connectivity index is 2.16. The van der Waals surface area contributed by atoms with E-state index in [0.717, 1.165) is 17.7 Å². The van der Waals surface area contributed by atoms with Crippen molar-refractivity contribution in [2.45, 2.75) is 32.6 Å². The third-order valence-electron chi connectivity index (χ3n) is 3.42. The van der Waals surface area contributed by atoms with Crippen LogP contribution in [0.15, 0.2) is 42.5 Å². The van der Waals surface area contributed by atoms with Gasteiger partial charge in [0.25, 0.3) is 0 Å². The lowest BCUT2D eigenvalue weighted by Gasteiger charge is -2.19. The zero-order chi connectivity index (χ0) is 15.6. The van der Waals surface area contributed by atoms with E-state index in [4.69, 9.17) is 0 Å². The largest absolute Gasteiger partial charge is 0.294 e. The van der Waals surface area contributed by atoms with Crippen molar-refractivity contribution >= 4 is 5.78 Å². The molecule has 0 aliphatic rings. The number of ketones is 1. The number of Topliss-reactive ketones (excluding diaryl/α,β-unsaturated/α-hetero) is 1. The second-order valence-corrected chi connectivity index (χ2v) is 6.17. The molecular weight excluding hydrogens is 270 g/mol. The highest BCUT2D eigenvalue weighted by Gasteiger charge is 2.15. The van der Waals surface area contributed by atoms with Gasteiger partial charge in [-0.25, -0.2) is 8.78 Å². The summed E-state index contributed by atoms with van der Waals surface area (Å²) in [6, 6.07) is 10.7. The van der Waals surface area contributed by atoms with Crippen molar-refractivity contribution in [3.63, 3.8) is 0 Å². The van der Waals surface area contributed by atoms with Crippen LogP contribution in [-0.2, 0) is 11.8 Å². The molecule has 0 saturated carbocycles. The smallest absolute Gasteiger partial charge is 0.170 e. The Morgan fingerprint density at radius 3 is 2.14 bits per heavy atom. The summed E-state index contributed by atoms with van der Waals surface area (Å²) < 4.78 is 26.4. The first-order chi connectivity index (χ1) is 9.77. The van der Waals surface area contributed by atoms with E-state index in [9.17, 15) is 13.6 Å². The van der Waals surface area contributed by atoms with Gasteiger partial charge in [-0.1, -0.05) is 45.0 Å². The molecule has 0 spiro atoms. The number of benzene rings is 2. The van der Waals surface area contributed by atoms with Crippen LogP contribution in [0.3, 0.4) is 0 Å². The molecule has 110 valence electrons. The van der Waals surface area contributed by atoms with Crippen molar-refractivity contribution < 1.29 is 13.6 Å². The molecule has 0 unspecified atom stereocenters. The zero-order valence-corrected chi connectivity index (χ0v) is 12.4. The van der Waals surface area contributed by atoms with Gasteiger partial charge in [-0.15, -0.1) is 0 Å². The van der Waals surface area contributed by atoms with Gasteiger partial charge in [-0.05, 0) is 28.7 Å². The van der Waals surface area contributed by atoms with E-state index in [1.165, 1.54) is 11.6 Å². The number of hydrogen-bond donors (Lipinski definition) is 0. The lowest BCUT2D eigenvalue weighted by Crippen LogP contribution is -2.11. The third kappa shape index (κ3) is 3.75. The molecule has 0 heterocycles. The molecular formula is C18H18F2O. The van der Waals surface area contributed by atoms with Crippen molar-refractivity contribution in [2.75, 3.05) is 0 Å². The second kappa shape index (κ2) is 5.76. The first kappa shape index (κ1) is 15.4. The summed E-state index contributed by atoms with van der Waals surface area (Å²) in [6.07, 6.45) is 0.104. The van der Waals surface area contributed by atoms with Gasteiger partial charge in [-0.3, -0.25) is 4.79 Å². The minimum atomic E-state index is -0.814. The van der Waals surface area contributed by atoms with Crippen LogP contribution in [0.1, 0.15) is 42.3 Å². The van der Waals surface area contributed by atoms with Crippen LogP contribution in [0.5, 0.6) is 0 Å². The first-order valence-corrected chi connectivity index (χ1v) is 6.85. The number of carbonyl (C=O) groups is 1.